The van der Waals surface area contributed by atoms with Crippen LogP contribution in [0.5, 0.6) is 0 Å². The lowest BCUT2D eigenvalue weighted by atomic mass is 10.2. The monoisotopic (exact) mass is 265 g/mol. The van der Waals surface area contributed by atoms with Crippen molar-refractivity contribution in [2.24, 2.45) is 0 Å². The average Bonchev–Trinajstić information content (AvgIpc) is 3.02. The van der Waals surface area contributed by atoms with E-state index >= 15 is 0 Å². The molecule has 0 spiro atoms. The molecule has 0 radical (unpaired) electrons. The van der Waals surface area contributed by atoms with Crippen LogP contribution in [0.2, 0.25) is 0 Å². The molecule has 2 rings (SSSR count). The number of nitrogens with one attached hydrogen (secondary N) is 1. The fraction of sp³-hybridized carbons (Fsp3) is 0.462. The summed E-state index contributed by atoms with van der Waals surface area (Å²) in [6.45, 7) is 3.68. The van der Waals surface area contributed by atoms with Gasteiger partial charge in [-0.05, 0) is 17.9 Å². The molecule has 0 bridgehead atoms. The number of nitrogens with zero attached hydrogens (tertiary/aromatic N) is 2. The third-order valence-corrected chi connectivity index (χ3v) is 3.85. The normalized spacial score (nSPS) is 12.8. The van der Waals surface area contributed by atoms with Gasteiger partial charge in [0.2, 0.25) is 0 Å². The lowest BCUT2D eigenvalue weighted by Gasteiger charge is -2.14. The van der Waals surface area contributed by atoms with Crippen molar-refractivity contribution in [3.8, 4) is 0 Å². The molecule has 2 aromatic rings. The Morgan fingerprint density at radius 2 is 2.44 bits per heavy atom. The van der Waals surface area contributed by atoms with Gasteiger partial charge in [0.05, 0.1) is 19.3 Å². The SMILES string of the molecule is CCC(NCc1cnn(CCO)c1)c1cccs1. The summed E-state index contributed by atoms with van der Waals surface area (Å²) in [5.74, 6) is 0. The van der Waals surface area contributed by atoms with E-state index in [4.69, 9.17) is 5.11 Å². The van der Waals surface area contributed by atoms with Gasteiger partial charge in [0.1, 0.15) is 0 Å². The maximum Gasteiger partial charge on any atom is 0.0640 e. The van der Waals surface area contributed by atoms with Gasteiger partial charge in [-0.3, -0.25) is 4.68 Å². The molecule has 98 valence electrons. The molecule has 18 heavy (non-hydrogen) atoms. The predicted molar refractivity (Wildman–Crippen MR) is 73.5 cm³/mol. The van der Waals surface area contributed by atoms with Gasteiger partial charge in [0.15, 0.2) is 0 Å². The summed E-state index contributed by atoms with van der Waals surface area (Å²) in [5.41, 5.74) is 1.15. The van der Waals surface area contributed by atoms with Crippen molar-refractivity contribution in [1.29, 1.82) is 0 Å². The molecule has 0 aromatic carbocycles. The lowest BCUT2D eigenvalue weighted by molar-refractivity contribution is 0.269. The summed E-state index contributed by atoms with van der Waals surface area (Å²) in [5, 5.41) is 18.7. The minimum atomic E-state index is 0.126. The number of hydrogen-bond acceptors (Lipinski definition) is 4. The maximum absolute atomic E-state index is 8.84. The van der Waals surface area contributed by atoms with Crippen molar-refractivity contribution in [3.63, 3.8) is 0 Å². The summed E-state index contributed by atoms with van der Waals surface area (Å²) >= 11 is 1.79. The molecule has 0 saturated carbocycles. The molecule has 0 fully saturated rings. The van der Waals surface area contributed by atoms with Crippen LogP contribution in [-0.2, 0) is 13.1 Å². The Balaban J connectivity index is 1.89. The van der Waals surface area contributed by atoms with Crippen molar-refractivity contribution in [2.75, 3.05) is 6.61 Å². The van der Waals surface area contributed by atoms with E-state index in [1.54, 1.807) is 16.0 Å². The van der Waals surface area contributed by atoms with E-state index in [-0.39, 0.29) is 6.61 Å². The van der Waals surface area contributed by atoms with Crippen LogP contribution in [0.1, 0.15) is 29.8 Å². The molecular formula is C13H19N3OS. The van der Waals surface area contributed by atoms with Gasteiger partial charge >= 0.3 is 0 Å². The van der Waals surface area contributed by atoms with Crippen LogP contribution >= 0.6 is 11.3 Å². The lowest BCUT2D eigenvalue weighted by Crippen LogP contribution is -2.19. The Bertz CT molecular complexity index is 453. The van der Waals surface area contributed by atoms with Gasteiger partial charge in [-0.2, -0.15) is 5.10 Å². The third kappa shape index (κ3) is 3.41. The van der Waals surface area contributed by atoms with E-state index in [1.807, 2.05) is 12.4 Å². The summed E-state index contributed by atoms with van der Waals surface area (Å²) in [6, 6.07) is 4.66. The van der Waals surface area contributed by atoms with Crippen LogP contribution in [0.3, 0.4) is 0 Å². The molecule has 0 saturated heterocycles. The standard InChI is InChI=1S/C13H19N3OS/c1-2-12(13-4-3-7-18-13)14-8-11-9-15-16(10-11)5-6-17/h3-4,7,9-10,12,14,17H,2,5-6,8H2,1H3. The van der Waals surface area contributed by atoms with Crippen LogP contribution in [-0.4, -0.2) is 21.5 Å². The van der Waals surface area contributed by atoms with Crippen molar-refractivity contribution >= 4 is 11.3 Å². The van der Waals surface area contributed by atoms with Crippen LogP contribution in [0.4, 0.5) is 0 Å². The molecule has 1 atom stereocenters. The Labute approximate surface area is 111 Å². The van der Waals surface area contributed by atoms with E-state index in [0.717, 1.165) is 18.5 Å². The second-order valence-electron chi connectivity index (χ2n) is 4.19. The van der Waals surface area contributed by atoms with Gasteiger partial charge < -0.3 is 10.4 Å². The molecule has 1 unspecified atom stereocenters. The van der Waals surface area contributed by atoms with E-state index < -0.39 is 0 Å². The van der Waals surface area contributed by atoms with Crippen molar-refractivity contribution < 1.29 is 5.11 Å². The second kappa shape index (κ2) is 6.68. The molecule has 0 aliphatic heterocycles. The number of rotatable bonds is 7. The van der Waals surface area contributed by atoms with Gasteiger partial charge in [0.25, 0.3) is 0 Å². The Morgan fingerprint density at radius 3 is 3.11 bits per heavy atom. The highest BCUT2D eigenvalue weighted by Gasteiger charge is 2.09. The summed E-state index contributed by atoms with van der Waals surface area (Å²) in [4.78, 5) is 1.38. The number of thiophene rings is 1. The molecule has 0 amide bonds. The highest BCUT2D eigenvalue weighted by atomic mass is 32.1. The quantitative estimate of drug-likeness (QED) is 0.806. The number of aliphatic hydroxyl groups excluding tert-OH is 1. The van der Waals surface area contributed by atoms with E-state index in [1.165, 1.54) is 4.88 Å². The van der Waals surface area contributed by atoms with Crippen LogP contribution < -0.4 is 5.32 Å². The molecule has 2 N–H and O–H groups in total. The van der Waals surface area contributed by atoms with E-state index in [9.17, 15) is 0 Å². The zero-order valence-electron chi connectivity index (χ0n) is 10.5. The first-order valence-corrected chi connectivity index (χ1v) is 7.10. The second-order valence-corrected chi connectivity index (χ2v) is 5.17. The first-order valence-electron chi connectivity index (χ1n) is 6.22. The predicted octanol–water partition coefficient (Wildman–Crippen LogP) is 2.18. The fourth-order valence-electron chi connectivity index (χ4n) is 1.90. The van der Waals surface area contributed by atoms with Gasteiger partial charge in [-0.25, -0.2) is 0 Å². The van der Waals surface area contributed by atoms with E-state index in [0.29, 0.717) is 12.6 Å². The Hall–Kier alpha value is -1.17. The van der Waals surface area contributed by atoms with Crippen LogP contribution in [0.15, 0.2) is 29.9 Å². The highest BCUT2D eigenvalue weighted by molar-refractivity contribution is 7.10. The first kappa shape index (κ1) is 13.3. The average molecular weight is 265 g/mol. The highest BCUT2D eigenvalue weighted by Crippen LogP contribution is 2.21. The largest absolute Gasteiger partial charge is 0.394 e. The smallest absolute Gasteiger partial charge is 0.0640 e. The van der Waals surface area contributed by atoms with Gasteiger partial charge in [0, 0.05) is 29.2 Å². The fourth-order valence-corrected chi connectivity index (χ4v) is 2.78. The molecule has 2 heterocycles. The number of aliphatic hydroxyl groups is 1. The zero-order chi connectivity index (χ0) is 12.8. The van der Waals surface area contributed by atoms with Gasteiger partial charge in [-0.1, -0.05) is 13.0 Å². The molecule has 2 aromatic heterocycles. The molecule has 5 heteroatoms. The summed E-state index contributed by atoms with van der Waals surface area (Å²) < 4.78 is 1.77. The van der Waals surface area contributed by atoms with Crippen LogP contribution in [0, 0.1) is 0 Å². The Kier molecular flexibility index (Phi) is 4.92. The number of aromatic nitrogens is 2. The van der Waals surface area contributed by atoms with Crippen molar-refractivity contribution in [3.05, 3.63) is 40.3 Å². The molecule has 0 aliphatic carbocycles. The molecule has 4 nitrogen and oxygen atoms in total. The zero-order valence-corrected chi connectivity index (χ0v) is 11.4. The third-order valence-electron chi connectivity index (χ3n) is 2.86. The van der Waals surface area contributed by atoms with Crippen LogP contribution in [0.25, 0.3) is 0 Å². The Morgan fingerprint density at radius 1 is 1.56 bits per heavy atom. The minimum Gasteiger partial charge on any atom is -0.394 e. The van der Waals surface area contributed by atoms with Crippen molar-refractivity contribution in [1.82, 2.24) is 15.1 Å². The summed E-state index contributed by atoms with van der Waals surface area (Å²) in [7, 11) is 0. The number of hydrogen-bond donors (Lipinski definition) is 2. The van der Waals surface area contributed by atoms with E-state index in [2.05, 4.69) is 34.9 Å². The minimum absolute atomic E-state index is 0.126. The summed E-state index contributed by atoms with van der Waals surface area (Å²) in [6.07, 6.45) is 4.90. The van der Waals surface area contributed by atoms with Gasteiger partial charge in [-0.15, -0.1) is 11.3 Å². The first-order chi connectivity index (χ1) is 8.83. The molecule has 0 aliphatic rings. The molecular weight excluding hydrogens is 246 g/mol. The maximum atomic E-state index is 8.84. The van der Waals surface area contributed by atoms with Crippen molar-refractivity contribution in [2.45, 2.75) is 32.5 Å². The topological polar surface area (TPSA) is 50.1 Å².